The minimum absolute atomic E-state index is 0. The number of ether oxygens (including phenoxy) is 2. The largest absolute Gasteiger partial charge is 1.00 e. The molecule has 1 aliphatic heterocycles. The predicted molar refractivity (Wildman–Crippen MR) is 43.1 cm³/mol. The standard InChI is InChI=1S/C6H10O.C2H4O.Na.H/c1-3-5-7-6-4-2;1-2-3-1;;/h3-4H,1-2,5-6H2;1-2H2;;/q;;+1;-1. The maximum Gasteiger partial charge on any atom is 1.00 e. The van der Waals surface area contributed by atoms with Gasteiger partial charge >= 0.3 is 29.6 Å². The molecule has 0 spiro atoms. The van der Waals surface area contributed by atoms with Gasteiger partial charge in [0.05, 0.1) is 26.4 Å². The van der Waals surface area contributed by atoms with Crippen LogP contribution in [-0.2, 0) is 9.47 Å². The van der Waals surface area contributed by atoms with Crippen LogP contribution in [0, 0.1) is 0 Å². The van der Waals surface area contributed by atoms with Gasteiger partial charge in [0.1, 0.15) is 0 Å². The average molecular weight is 166 g/mol. The van der Waals surface area contributed by atoms with E-state index in [4.69, 9.17) is 4.74 Å². The van der Waals surface area contributed by atoms with Crippen molar-refractivity contribution >= 4 is 0 Å². The van der Waals surface area contributed by atoms with Gasteiger partial charge in [-0.05, 0) is 0 Å². The van der Waals surface area contributed by atoms with Crippen molar-refractivity contribution in [2.24, 2.45) is 0 Å². The van der Waals surface area contributed by atoms with E-state index in [1.54, 1.807) is 12.2 Å². The van der Waals surface area contributed by atoms with Gasteiger partial charge in [-0.2, -0.15) is 0 Å². The molecule has 60 valence electrons. The van der Waals surface area contributed by atoms with Crippen LogP contribution in [0.25, 0.3) is 0 Å². The summed E-state index contributed by atoms with van der Waals surface area (Å²) in [6.07, 6.45) is 3.42. The van der Waals surface area contributed by atoms with Crippen molar-refractivity contribution in [2.45, 2.75) is 0 Å². The zero-order valence-electron chi connectivity index (χ0n) is 8.21. The van der Waals surface area contributed by atoms with Crippen LogP contribution in [-0.4, -0.2) is 26.4 Å². The van der Waals surface area contributed by atoms with Crippen LogP contribution >= 0.6 is 0 Å². The minimum Gasteiger partial charge on any atom is -1.00 e. The summed E-state index contributed by atoms with van der Waals surface area (Å²) in [6, 6.07) is 0. The second-order valence-electron chi connectivity index (χ2n) is 1.73. The molecule has 1 heterocycles. The molecule has 1 aliphatic rings. The summed E-state index contributed by atoms with van der Waals surface area (Å²) in [4.78, 5) is 0. The summed E-state index contributed by atoms with van der Waals surface area (Å²) in [7, 11) is 0. The molecule has 3 heteroatoms. The van der Waals surface area contributed by atoms with Crippen LogP contribution < -0.4 is 29.6 Å². The molecular formula is C8H15NaO2. The smallest absolute Gasteiger partial charge is 1.00 e. The topological polar surface area (TPSA) is 21.8 Å². The molecule has 1 fully saturated rings. The van der Waals surface area contributed by atoms with Crippen LogP contribution in [0.1, 0.15) is 1.43 Å². The fraction of sp³-hybridized carbons (Fsp3) is 0.500. The van der Waals surface area contributed by atoms with Crippen molar-refractivity contribution in [2.75, 3.05) is 26.4 Å². The normalized spacial score (nSPS) is 11.6. The number of epoxide rings is 1. The van der Waals surface area contributed by atoms with Crippen LogP contribution in [0.2, 0.25) is 0 Å². The van der Waals surface area contributed by atoms with Crippen molar-refractivity contribution in [3.05, 3.63) is 25.3 Å². The van der Waals surface area contributed by atoms with Crippen molar-refractivity contribution in [1.29, 1.82) is 0 Å². The SMILES string of the molecule is C1CO1.C=CCOCC=C.[H-].[Na+]. The zero-order valence-corrected chi connectivity index (χ0v) is 9.21. The minimum atomic E-state index is 0. The molecule has 1 rings (SSSR count). The first-order valence-corrected chi connectivity index (χ1v) is 3.29. The molecule has 2 nitrogen and oxygen atoms in total. The van der Waals surface area contributed by atoms with Crippen molar-refractivity contribution < 1.29 is 40.5 Å². The van der Waals surface area contributed by atoms with E-state index in [-0.39, 0.29) is 31.0 Å². The number of hydrogen-bond acceptors (Lipinski definition) is 2. The first-order valence-electron chi connectivity index (χ1n) is 3.29. The Kier molecular flexibility index (Phi) is 16.5. The van der Waals surface area contributed by atoms with Crippen molar-refractivity contribution in [3.8, 4) is 0 Å². The van der Waals surface area contributed by atoms with Crippen LogP contribution in [0.15, 0.2) is 25.3 Å². The number of hydrogen-bond donors (Lipinski definition) is 0. The summed E-state index contributed by atoms with van der Waals surface area (Å²) in [5.41, 5.74) is 0. The van der Waals surface area contributed by atoms with Crippen LogP contribution in [0.5, 0.6) is 0 Å². The molecule has 0 radical (unpaired) electrons. The molecule has 0 amide bonds. The quantitative estimate of drug-likeness (QED) is 0.220. The second kappa shape index (κ2) is 13.0. The van der Waals surface area contributed by atoms with E-state index in [2.05, 4.69) is 17.9 Å². The molecule has 0 aromatic carbocycles. The van der Waals surface area contributed by atoms with Gasteiger partial charge in [-0.25, -0.2) is 0 Å². The van der Waals surface area contributed by atoms with Crippen molar-refractivity contribution in [3.63, 3.8) is 0 Å². The van der Waals surface area contributed by atoms with E-state index in [0.29, 0.717) is 13.2 Å². The Balaban J connectivity index is -0.000000138. The van der Waals surface area contributed by atoms with E-state index in [1.807, 2.05) is 0 Å². The molecule has 11 heavy (non-hydrogen) atoms. The van der Waals surface area contributed by atoms with Gasteiger partial charge in [-0.15, -0.1) is 13.2 Å². The second-order valence-corrected chi connectivity index (χ2v) is 1.73. The fourth-order valence-electron chi connectivity index (χ4n) is 0.235. The Morgan fingerprint density at radius 2 is 1.64 bits per heavy atom. The fourth-order valence-corrected chi connectivity index (χ4v) is 0.235. The Bertz CT molecular complexity index is 86.3. The van der Waals surface area contributed by atoms with E-state index in [1.165, 1.54) is 0 Å². The van der Waals surface area contributed by atoms with E-state index in [0.717, 1.165) is 13.2 Å². The molecule has 0 bridgehead atoms. The summed E-state index contributed by atoms with van der Waals surface area (Å²) in [6.45, 7) is 10.2. The maximum atomic E-state index is 4.90. The summed E-state index contributed by atoms with van der Waals surface area (Å²) >= 11 is 0. The molecule has 1 saturated heterocycles. The maximum absolute atomic E-state index is 4.90. The zero-order chi connectivity index (χ0) is 7.66. The average Bonchev–Trinajstić information content (AvgIpc) is 2.73. The Labute approximate surface area is 92.0 Å². The summed E-state index contributed by atoms with van der Waals surface area (Å²) in [5.74, 6) is 0. The predicted octanol–water partition coefficient (Wildman–Crippen LogP) is -1.49. The molecule has 0 aromatic heterocycles. The molecule has 0 aliphatic carbocycles. The molecule has 0 unspecified atom stereocenters. The van der Waals surface area contributed by atoms with Gasteiger partial charge in [-0.1, -0.05) is 12.2 Å². The van der Waals surface area contributed by atoms with Crippen LogP contribution in [0.4, 0.5) is 0 Å². The molecule has 0 aromatic rings. The Hall–Kier alpha value is 0.400. The third kappa shape index (κ3) is 25.2. The van der Waals surface area contributed by atoms with Crippen molar-refractivity contribution in [1.82, 2.24) is 0 Å². The monoisotopic (exact) mass is 166 g/mol. The number of rotatable bonds is 4. The molecular weight excluding hydrogens is 151 g/mol. The van der Waals surface area contributed by atoms with E-state index < -0.39 is 0 Å². The first-order chi connectivity index (χ1) is 4.91. The van der Waals surface area contributed by atoms with E-state index >= 15 is 0 Å². The van der Waals surface area contributed by atoms with Gasteiger partial charge < -0.3 is 10.9 Å². The summed E-state index contributed by atoms with van der Waals surface area (Å²) < 4.78 is 9.40. The van der Waals surface area contributed by atoms with E-state index in [9.17, 15) is 0 Å². The third-order valence-corrected chi connectivity index (χ3v) is 0.676. The van der Waals surface area contributed by atoms with Gasteiger partial charge in [0.2, 0.25) is 0 Å². The van der Waals surface area contributed by atoms with Gasteiger partial charge in [0.25, 0.3) is 0 Å². The van der Waals surface area contributed by atoms with Gasteiger partial charge in [0, 0.05) is 0 Å². The first kappa shape index (κ1) is 14.0. The third-order valence-electron chi connectivity index (χ3n) is 0.676. The Morgan fingerprint density at radius 3 is 1.82 bits per heavy atom. The van der Waals surface area contributed by atoms with Gasteiger partial charge in [0.15, 0.2) is 0 Å². The molecule has 0 N–H and O–H groups in total. The molecule has 0 atom stereocenters. The van der Waals surface area contributed by atoms with Gasteiger partial charge in [-0.3, -0.25) is 0 Å². The Morgan fingerprint density at radius 1 is 1.27 bits per heavy atom. The molecule has 0 saturated carbocycles. The summed E-state index contributed by atoms with van der Waals surface area (Å²) in [5, 5.41) is 0. The van der Waals surface area contributed by atoms with Crippen LogP contribution in [0.3, 0.4) is 0 Å².